The SMILES string of the molecule is CCN(CC)c1[nH]ncc1[N+](=O)[O-]. The Kier molecular flexibility index (Phi) is 2.84. The molecule has 6 nitrogen and oxygen atoms in total. The van der Waals surface area contributed by atoms with E-state index in [2.05, 4.69) is 10.2 Å². The van der Waals surface area contributed by atoms with Gasteiger partial charge in [-0.05, 0) is 13.8 Å². The number of nitrogens with zero attached hydrogens (tertiary/aromatic N) is 3. The number of hydrogen-bond acceptors (Lipinski definition) is 4. The molecule has 0 fully saturated rings. The molecule has 0 aliphatic heterocycles. The highest BCUT2D eigenvalue weighted by molar-refractivity contribution is 5.56. The van der Waals surface area contributed by atoms with Crippen molar-refractivity contribution in [1.29, 1.82) is 0 Å². The quantitative estimate of drug-likeness (QED) is 0.562. The molecule has 0 atom stereocenters. The Morgan fingerprint density at radius 3 is 2.69 bits per heavy atom. The minimum absolute atomic E-state index is 0.0312. The van der Waals surface area contributed by atoms with Gasteiger partial charge in [0.05, 0.1) is 4.92 Å². The molecule has 0 unspecified atom stereocenters. The summed E-state index contributed by atoms with van der Waals surface area (Å²) >= 11 is 0. The maximum atomic E-state index is 10.5. The summed E-state index contributed by atoms with van der Waals surface area (Å²) in [5.41, 5.74) is 0.0312. The topological polar surface area (TPSA) is 75.1 Å². The highest BCUT2D eigenvalue weighted by atomic mass is 16.6. The standard InChI is InChI=1S/C7H12N4O2/c1-3-10(4-2)7-6(11(12)13)5-8-9-7/h5H,3-4H2,1-2H3,(H,8,9). The summed E-state index contributed by atoms with van der Waals surface area (Å²) in [6.07, 6.45) is 1.23. The second kappa shape index (κ2) is 3.88. The van der Waals surface area contributed by atoms with Crippen LogP contribution in [0.25, 0.3) is 0 Å². The van der Waals surface area contributed by atoms with Crippen molar-refractivity contribution >= 4 is 11.5 Å². The van der Waals surface area contributed by atoms with E-state index in [0.29, 0.717) is 5.82 Å². The fourth-order valence-electron chi connectivity index (χ4n) is 1.18. The highest BCUT2D eigenvalue weighted by Gasteiger charge is 2.19. The molecule has 0 saturated heterocycles. The number of rotatable bonds is 4. The summed E-state index contributed by atoms with van der Waals surface area (Å²) in [5, 5.41) is 16.8. The Morgan fingerprint density at radius 1 is 1.62 bits per heavy atom. The maximum absolute atomic E-state index is 10.5. The van der Waals surface area contributed by atoms with E-state index >= 15 is 0 Å². The van der Waals surface area contributed by atoms with Crippen molar-refractivity contribution in [3.63, 3.8) is 0 Å². The van der Waals surface area contributed by atoms with E-state index < -0.39 is 4.92 Å². The van der Waals surface area contributed by atoms with Gasteiger partial charge in [-0.25, -0.2) is 0 Å². The zero-order valence-corrected chi connectivity index (χ0v) is 7.65. The van der Waals surface area contributed by atoms with Crippen LogP contribution in [-0.4, -0.2) is 28.2 Å². The molecule has 1 aromatic heterocycles. The normalized spacial score (nSPS) is 10.0. The molecule has 0 aromatic carbocycles. The summed E-state index contributed by atoms with van der Waals surface area (Å²) in [4.78, 5) is 12.0. The van der Waals surface area contributed by atoms with Crippen LogP contribution in [0, 0.1) is 10.1 Å². The molecular weight excluding hydrogens is 172 g/mol. The molecule has 6 heteroatoms. The van der Waals surface area contributed by atoms with Gasteiger partial charge in [-0.15, -0.1) is 0 Å². The average molecular weight is 184 g/mol. The Labute approximate surface area is 75.7 Å². The zero-order chi connectivity index (χ0) is 9.84. The first kappa shape index (κ1) is 9.50. The Bertz CT molecular complexity index is 292. The fraction of sp³-hybridized carbons (Fsp3) is 0.571. The van der Waals surface area contributed by atoms with Crippen molar-refractivity contribution in [2.45, 2.75) is 13.8 Å². The third-order valence-corrected chi connectivity index (χ3v) is 1.88. The Balaban J connectivity index is 2.98. The smallest absolute Gasteiger partial charge is 0.330 e. The second-order valence-corrected chi connectivity index (χ2v) is 2.53. The van der Waals surface area contributed by atoms with Crippen LogP contribution >= 0.6 is 0 Å². The monoisotopic (exact) mass is 184 g/mol. The van der Waals surface area contributed by atoms with E-state index in [-0.39, 0.29) is 5.69 Å². The number of nitrogens with one attached hydrogen (secondary N) is 1. The van der Waals surface area contributed by atoms with Crippen LogP contribution in [0.3, 0.4) is 0 Å². The van der Waals surface area contributed by atoms with Crippen molar-refractivity contribution in [2.75, 3.05) is 18.0 Å². The summed E-state index contributed by atoms with van der Waals surface area (Å²) in [6, 6.07) is 0. The first-order chi connectivity index (χ1) is 6.20. The molecule has 0 aliphatic rings. The predicted molar refractivity (Wildman–Crippen MR) is 48.8 cm³/mol. The van der Waals surface area contributed by atoms with Crippen molar-refractivity contribution in [3.05, 3.63) is 16.3 Å². The van der Waals surface area contributed by atoms with Crippen molar-refractivity contribution in [2.24, 2.45) is 0 Å². The van der Waals surface area contributed by atoms with Crippen LogP contribution in [-0.2, 0) is 0 Å². The van der Waals surface area contributed by atoms with Crippen molar-refractivity contribution in [3.8, 4) is 0 Å². The molecular formula is C7H12N4O2. The van der Waals surface area contributed by atoms with Gasteiger partial charge < -0.3 is 4.90 Å². The van der Waals surface area contributed by atoms with Crippen LogP contribution in [0.5, 0.6) is 0 Å². The lowest BCUT2D eigenvalue weighted by Crippen LogP contribution is -2.23. The van der Waals surface area contributed by atoms with Gasteiger partial charge >= 0.3 is 5.69 Å². The van der Waals surface area contributed by atoms with E-state index in [9.17, 15) is 10.1 Å². The third-order valence-electron chi connectivity index (χ3n) is 1.88. The molecule has 1 heterocycles. The summed E-state index contributed by atoms with van der Waals surface area (Å²) in [6.45, 7) is 5.32. The predicted octanol–water partition coefficient (Wildman–Crippen LogP) is 1.16. The largest absolute Gasteiger partial charge is 0.352 e. The lowest BCUT2D eigenvalue weighted by Gasteiger charge is -2.16. The van der Waals surface area contributed by atoms with Gasteiger partial charge in [0.15, 0.2) is 0 Å². The highest BCUT2D eigenvalue weighted by Crippen LogP contribution is 2.23. The van der Waals surface area contributed by atoms with Gasteiger partial charge in [0.1, 0.15) is 6.20 Å². The third kappa shape index (κ3) is 1.77. The minimum Gasteiger partial charge on any atom is -0.352 e. The van der Waals surface area contributed by atoms with E-state index in [1.165, 1.54) is 6.20 Å². The van der Waals surface area contributed by atoms with Crippen LogP contribution < -0.4 is 4.90 Å². The van der Waals surface area contributed by atoms with Crippen LogP contribution in [0.1, 0.15) is 13.8 Å². The molecule has 0 aliphatic carbocycles. The summed E-state index contributed by atoms with van der Waals surface area (Å²) in [5.74, 6) is 0.481. The average Bonchev–Trinajstić information content (AvgIpc) is 2.55. The molecule has 72 valence electrons. The lowest BCUT2D eigenvalue weighted by atomic mass is 10.4. The zero-order valence-electron chi connectivity index (χ0n) is 7.65. The summed E-state index contributed by atoms with van der Waals surface area (Å²) < 4.78 is 0. The second-order valence-electron chi connectivity index (χ2n) is 2.53. The van der Waals surface area contributed by atoms with E-state index in [1.807, 2.05) is 18.7 Å². The number of aromatic nitrogens is 2. The molecule has 0 amide bonds. The fourth-order valence-corrected chi connectivity index (χ4v) is 1.18. The molecule has 1 aromatic rings. The van der Waals surface area contributed by atoms with Gasteiger partial charge in [-0.3, -0.25) is 15.2 Å². The van der Waals surface area contributed by atoms with E-state index in [4.69, 9.17) is 0 Å². The summed E-state index contributed by atoms with van der Waals surface area (Å²) in [7, 11) is 0. The molecule has 13 heavy (non-hydrogen) atoms. The molecule has 0 spiro atoms. The van der Waals surface area contributed by atoms with Crippen molar-refractivity contribution in [1.82, 2.24) is 10.2 Å². The number of anilines is 1. The van der Waals surface area contributed by atoms with Gasteiger partial charge in [-0.2, -0.15) is 5.10 Å². The molecule has 0 saturated carbocycles. The van der Waals surface area contributed by atoms with Crippen LogP contribution in [0.15, 0.2) is 6.20 Å². The molecule has 0 radical (unpaired) electrons. The number of aromatic amines is 1. The number of H-pyrrole nitrogens is 1. The Hall–Kier alpha value is -1.59. The van der Waals surface area contributed by atoms with Crippen LogP contribution in [0.2, 0.25) is 0 Å². The molecule has 0 bridgehead atoms. The minimum atomic E-state index is -0.433. The van der Waals surface area contributed by atoms with Gasteiger partial charge in [-0.1, -0.05) is 0 Å². The first-order valence-electron chi connectivity index (χ1n) is 4.13. The molecule has 1 rings (SSSR count). The maximum Gasteiger partial charge on any atom is 0.330 e. The number of nitro groups is 1. The Morgan fingerprint density at radius 2 is 2.23 bits per heavy atom. The van der Waals surface area contributed by atoms with E-state index in [0.717, 1.165) is 13.1 Å². The van der Waals surface area contributed by atoms with E-state index in [1.54, 1.807) is 0 Å². The molecule has 1 N–H and O–H groups in total. The first-order valence-corrected chi connectivity index (χ1v) is 4.13. The lowest BCUT2D eigenvalue weighted by molar-refractivity contribution is -0.384. The van der Waals surface area contributed by atoms with Crippen molar-refractivity contribution < 1.29 is 4.92 Å². The van der Waals surface area contributed by atoms with Gasteiger partial charge in [0.2, 0.25) is 5.82 Å². The number of hydrogen-bond donors (Lipinski definition) is 1. The van der Waals surface area contributed by atoms with Crippen LogP contribution in [0.4, 0.5) is 11.5 Å². The van der Waals surface area contributed by atoms with Gasteiger partial charge in [0, 0.05) is 13.1 Å². The van der Waals surface area contributed by atoms with Gasteiger partial charge in [0.25, 0.3) is 0 Å².